The number of ether oxygens (including phenoxy) is 1. The predicted octanol–water partition coefficient (Wildman–Crippen LogP) is 3.15. The number of halogens is 1. The number of nitrogens with zero attached hydrogens (tertiary/aromatic N) is 2. The minimum atomic E-state index is -0.252. The number of carbonyl (C=O) groups excluding carboxylic acids is 1. The van der Waals surface area contributed by atoms with Crippen molar-refractivity contribution in [1.82, 2.24) is 14.9 Å². The molecule has 0 aliphatic carbocycles. The minimum Gasteiger partial charge on any atom is -0.448 e. The molecule has 1 aliphatic rings. The van der Waals surface area contributed by atoms with Gasteiger partial charge in [-0.15, -0.1) is 0 Å². The van der Waals surface area contributed by atoms with Gasteiger partial charge in [-0.25, -0.2) is 14.2 Å². The molecule has 2 aromatic rings. The van der Waals surface area contributed by atoms with E-state index in [4.69, 9.17) is 4.74 Å². The number of hydrogen-bond acceptors (Lipinski definition) is 4. The zero-order valence-electron chi connectivity index (χ0n) is 11.9. The van der Waals surface area contributed by atoms with Gasteiger partial charge >= 0.3 is 6.09 Å². The van der Waals surface area contributed by atoms with Crippen LogP contribution in [0.1, 0.15) is 6.42 Å². The lowest BCUT2D eigenvalue weighted by Gasteiger charge is -2.11. The summed E-state index contributed by atoms with van der Waals surface area (Å²) < 4.78 is 17.8. The van der Waals surface area contributed by atoms with Crippen LogP contribution in [0, 0.1) is 5.82 Å². The molecule has 0 radical (unpaired) electrons. The fourth-order valence-corrected chi connectivity index (χ4v) is 2.98. The number of imidazole rings is 1. The van der Waals surface area contributed by atoms with E-state index in [1.165, 1.54) is 12.1 Å². The zero-order valence-corrected chi connectivity index (χ0v) is 12.7. The molecule has 3 rings (SSSR count). The van der Waals surface area contributed by atoms with Crippen molar-refractivity contribution in [1.29, 1.82) is 0 Å². The Morgan fingerprint density at radius 2 is 2.18 bits per heavy atom. The first kappa shape index (κ1) is 14.9. The van der Waals surface area contributed by atoms with Crippen molar-refractivity contribution >= 4 is 17.9 Å². The molecule has 0 unspecified atom stereocenters. The van der Waals surface area contributed by atoms with Crippen molar-refractivity contribution in [3.8, 4) is 11.3 Å². The second kappa shape index (κ2) is 6.83. The number of aromatic nitrogens is 2. The maximum Gasteiger partial charge on any atom is 0.409 e. The number of aromatic amines is 1. The molecule has 5 nitrogen and oxygen atoms in total. The molecule has 0 bridgehead atoms. The van der Waals surface area contributed by atoms with E-state index in [1.54, 1.807) is 35.0 Å². The molecule has 1 amide bonds. The van der Waals surface area contributed by atoms with Crippen molar-refractivity contribution < 1.29 is 13.9 Å². The highest BCUT2D eigenvalue weighted by Gasteiger charge is 2.20. The first-order chi connectivity index (χ1) is 10.7. The number of benzene rings is 1. The fourth-order valence-electron chi connectivity index (χ4n) is 2.21. The second-order valence-electron chi connectivity index (χ2n) is 4.91. The summed E-state index contributed by atoms with van der Waals surface area (Å²) in [5, 5.41) is 0.823. The van der Waals surface area contributed by atoms with Gasteiger partial charge in [0.2, 0.25) is 0 Å². The molecule has 0 saturated carbocycles. The Morgan fingerprint density at radius 1 is 1.36 bits per heavy atom. The van der Waals surface area contributed by atoms with E-state index >= 15 is 0 Å². The third kappa shape index (κ3) is 3.59. The lowest BCUT2D eigenvalue weighted by atomic mass is 10.2. The van der Waals surface area contributed by atoms with Crippen molar-refractivity contribution in [3.05, 3.63) is 36.3 Å². The highest BCUT2D eigenvalue weighted by atomic mass is 32.2. The van der Waals surface area contributed by atoms with Gasteiger partial charge in [-0.05, 0) is 36.2 Å². The Bertz CT molecular complexity index is 644. The number of thioether (sulfide) groups is 1. The van der Waals surface area contributed by atoms with Gasteiger partial charge in [-0.2, -0.15) is 0 Å². The lowest BCUT2D eigenvalue weighted by molar-refractivity contribution is 0.158. The van der Waals surface area contributed by atoms with Gasteiger partial charge in [0.15, 0.2) is 5.16 Å². The summed E-state index contributed by atoms with van der Waals surface area (Å²) in [5.74, 6) is 0.610. The van der Waals surface area contributed by atoms with Gasteiger partial charge < -0.3 is 14.6 Å². The molecule has 1 fully saturated rings. The summed E-state index contributed by atoms with van der Waals surface area (Å²) in [5.41, 5.74) is 1.77. The van der Waals surface area contributed by atoms with E-state index in [0.717, 1.165) is 28.6 Å². The SMILES string of the molecule is O=C1OCCN1CCCSc1ncc(-c2ccc(F)cc2)[nH]1. The van der Waals surface area contributed by atoms with Gasteiger partial charge in [0.25, 0.3) is 0 Å². The van der Waals surface area contributed by atoms with Gasteiger partial charge in [0.1, 0.15) is 12.4 Å². The summed E-state index contributed by atoms with van der Waals surface area (Å²) >= 11 is 1.60. The van der Waals surface area contributed by atoms with E-state index in [9.17, 15) is 9.18 Å². The maximum absolute atomic E-state index is 12.9. The van der Waals surface area contributed by atoms with Crippen molar-refractivity contribution in [3.63, 3.8) is 0 Å². The van der Waals surface area contributed by atoms with E-state index in [1.807, 2.05) is 0 Å². The molecular formula is C15H16FN3O2S. The van der Waals surface area contributed by atoms with Gasteiger partial charge in [0.05, 0.1) is 18.4 Å². The predicted molar refractivity (Wildman–Crippen MR) is 82.2 cm³/mol. The topological polar surface area (TPSA) is 58.2 Å². The molecule has 1 aromatic heterocycles. The maximum atomic E-state index is 12.9. The minimum absolute atomic E-state index is 0.221. The molecule has 116 valence electrons. The molecule has 2 heterocycles. The number of rotatable bonds is 6. The normalized spacial score (nSPS) is 14.4. The summed E-state index contributed by atoms with van der Waals surface area (Å²) in [6.07, 6.45) is 2.40. The molecule has 1 aliphatic heterocycles. The first-order valence-electron chi connectivity index (χ1n) is 7.08. The first-order valence-corrected chi connectivity index (χ1v) is 8.06. The quantitative estimate of drug-likeness (QED) is 0.656. The van der Waals surface area contributed by atoms with Gasteiger partial charge in [0, 0.05) is 12.3 Å². The van der Waals surface area contributed by atoms with Crippen molar-refractivity contribution in [2.24, 2.45) is 0 Å². The van der Waals surface area contributed by atoms with Crippen molar-refractivity contribution in [2.75, 3.05) is 25.4 Å². The number of hydrogen-bond donors (Lipinski definition) is 1. The molecule has 1 saturated heterocycles. The summed E-state index contributed by atoms with van der Waals surface area (Å²) in [6.45, 7) is 1.88. The van der Waals surface area contributed by atoms with E-state index < -0.39 is 0 Å². The van der Waals surface area contributed by atoms with E-state index in [0.29, 0.717) is 19.7 Å². The number of amides is 1. The van der Waals surface area contributed by atoms with Crippen molar-refractivity contribution in [2.45, 2.75) is 11.6 Å². The average molecular weight is 321 g/mol. The average Bonchev–Trinajstić information content (AvgIpc) is 3.14. The second-order valence-corrected chi connectivity index (χ2v) is 6.00. The monoisotopic (exact) mass is 321 g/mol. The van der Waals surface area contributed by atoms with Gasteiger partial charge in [-0.3, -0.25) is 0 Å². The largest absolute Gasteiger partial charge is 0.448 e. The van der Waals surface area contributed by atoms with E-state index in [-0.39, 0.29) is 11.9 Å². The molecule has 0 atom stereocenters. The Balaban J connectivity index is 1.47. The van der Waals surface area contributed by atoms with Crippen LogP contribution < -0.4 is 0 Å². The lowest BCUT2D eigenvalue weighted by Crippen LogP contribution is -2.25. The van der Waals surface area contributed by atoms with Gasteiger partial charge in [-0.1, -0.05) is 11.8 Å². The van der Waals surface area contributed by atoms with Crippen LogP contribution in [0.15, 0.2) is 35.6 Å². The standard InChI is InChI=1S/C15H16FN3O2S/c16-12-4-2-11(3-5-12)13-10-17-14(18-13)22-9-1-6-19-7-8-21-15(19)20/h2-5,10H,1,6-9H2,(H,17,18). The van der Waals surface area contributed by atoms with Crippen LogP contribution in [0.3, 0.4) is 0 Å². The Kier molecular flexibility index (Phi) is 4.62. The fraction of sp³-hybridized carbons (Fsp3) is 0.333. The van der Waals surface area contributed by atoms with Crippen LogP contribution in [0.5, 0.6) is 0 Å². The number of H-pyrrole nitrogens is 1. The Labute approximate surface area is 131 Å². The van der Waals surface area contributed by atoms with E-state index in [2.05, 4.69) is 9.97 Å². The van der Waals surface area contributed by atoms with Crippen LogP contribution in [0.4, 0.5) is 9.18 Å². The Morgan fingerprint density at radius 3 is 2.91 bits per heavy atom. The highest BCUT2D eigenvalue weighted by Crippen LogP contribution is 2.22. The summed E-state index contributed by atoms with van der Waals surface area (Å²) in [4.78, 5) is 20.5. The molecule has 1 aromatic carbocycles. The third-order valence-electron chi connectivity index (χ3n) is 3.36. The molecule has 7 heteroatoms. The van der Waals surface area contributed by atoms with Crippen LogP contribution >= 0.6 is 11.8 Å². The number of nitrogens with one attached hydrogen (secondary N) is 1. The summed E-state index contributed by atoms with van der Waals surface area (Å²) in [6, 6.07) is 6.29. The highest BCUT2D eigenvalue weighted by molar-refractivity contribution is 7.99. The molecule has 22 heavy (non-hydrogen) atoms. The smallest absolute Gasteiger partial charge is 0.409 e. The molecule has 1 N–H and O–H groups in total. The van der Waals surface area contributed by atoms with Crippen LogP contribution in [-0.2, 0) is 4.74 Å². The van der Waals surface area contributed by atoms with Crippen LogP contribution in [0.2, 0.25) is 0 Å². The third-order valence-corrected chi connectivity index (χ3v) is 4.34. The number of cyclic esters (lactones) is 1. The number of carbonyl (C=O) groups is 1. The molecule has 0 spiro atoms. The van der Waals surface area contributed by atoms with Crippen LogP contribution in [-0.4, -0.2) is 46.4 Å². The molecular weight excluding hydrogens is 305 g/mol. The summed E-state index contributed by atoms with van der Waals surface area (Å²) in [7, 11) is 0. The van der Waals surface area contributed by atoms with Crippen LogP contribution in [0.25, 0.3) is 11.3 Å². The Hall–Kier alpha value is -2.02. The zero-order chi connectivity index (χ0) is 15.4.